The predicted octanol–water partition coefficient (Wildman–Crippen LogP) is 4.94. The first-order chi connectivity index (χ1) is 12.7. The van der Waals surface area contributed by atoms with Crippen molar-refractivity contribution in [1.82, 2.24) is 14.9 Å². The molecule has 0 unspecified atom stereocenters. The van der Waals surface area contributed by atoms with E-state index in [9.17, 15) is 4.39 Å². The van der Waals surface area contributed by atoms with Gasteiger partial charge in [0.1, 0.15) is 17.2 Å². The van der Waals surface area contributed by atoms with Crippen molar-refractivity contribution in [3.63, 3.8) is 0 Å². The van der Waals surface area contributed by atoms with Crippen molar-refractivity contribution in [3.05, 3.63) is 70.4 Å². The molecule has 0 saturated carbocycles. The third kappa shape index (κ3) is 2.76. The van der Waals surface area contributed by atoms with Gasteiger partial charge in [-0.1, -0.05) is 37.3 Å². The Kier molecular flexibility index (Phi) is 4.22. The van der Waals surface area contributed by atoms with Crippen molar-refractivity contribution in [1.29, 1.82) is 0 Å². The fourth-order valence-corrected chi connectivity index (χ4v) is 3.03. The number of fused-ring (bicyclic) bond motifs is 1. The standard InChI is InChI=1S/C19H15FN4OS/c1-2-16-14(12-7-4-6-10-17(12)25-16)11-21-24-18(22-23-19(24)26)13-8-3-5-9-15(13)20/h3-11H,2H2,1H3,(H,23,26)/b21-11-. The molecule has 0 radical (unpaired) electrons. The molecule has 5 nitrogen and oxygen atoms in total. The second kappa shape index (κ2) is 6.68. The Morgan fingerprint density at radius 1 is 1.23 bits per heavy atom. The lowest BCUT2D eigenvalue weighted by atomic mass is 10.1. The van der Waals surface area contributed by atoms with Crippen LogP contribution in [-0.2, 0) is 6.42 Å². The number of aromatic amines is 1. The summed E-state index contributed by atoms with van der Waals surface area (Å²) in [5.41, 5.74) is 2.01. The largest absolute Gasteiger partial charge is 0.460 e. The molecule has 1 N–H and O–H groups in total. The van der Waals surface area contributed by atoms with E-state index in [2.05, 4.69) is 15.3 Å². The van der Waals surface area contributed by atoms with Gasteiger partial charge in [0.2, 0.25) is 4.77 Å². The van der Waals surface area contributed by atoms with Gasteiger partial charge in [-0.25, -0.2) is 9.49 Å². The summed E-state index contributed by atoms with van der Waals surface area (Å²) >= 11 is 5.25. The number of hydrogen-bond acceptors (Lipinski definition) is 4. The van der Waals surface area contributed by atoms with Crippen molar-refractivity contribution < 1.29 is 8.81 Å². The number of para-hydroxylation sites is 1. The molecule has 0 atom stereocenters. The van der Waals surface area contributed by atoms with Gasteiger partial charge < -0.3 is 4.42 Å². The molecular weight excluding hydrogens is 351 g/mol. The second-order valence-electron chi connectivity index (χ2n) is 5.68. The van der Waals surface area contributed by atoms with Gasteiger partial charge in [0.15, 0.2) is 5.82 Å². The Labute approximate surface area is 153 Å². The third-order valence-corrected chi connectivity index (χ3v) is 4.36. The number of hydrogen-bond donors (Lipinski definition) is 1. The quantitative estimate of drug-likeness (QED) is 0.411. The van der Waals surface area contributed by atoms with Crippen molar-refractivity contribution in [2.24, 2.45) is 5.10 Å². The van der Waals surface area contributed by atoms with E-state index in [1.165, 1.54) is 10.7 Å². The summed E-state index contributed by atoms with van der Waals surface area (Å²) in [5, 5.41) is 12.2. The fourth-order valence-electron chi connectivity index (χ4n) is 2.85. The molecule has 2 heterocycles. The number of aryl methyl sites for hydroxylation is 1. The van der Waals surface area contributed by atoms with Crippen molar-refractivity contribution >= 4 is 29.4 Å². The average molecular weight is 366 g/mol. The van der Waals surface area contributed by atoms with E-state index in [0.717, 1.165) is 28.7 Å². The zero-order valence-corrected chi connectivity index (χ0v) is 14.8. The van der Waals surface area contributed by atoms with Crippen molar-refractivity contribution in [3.8, 4) is 11.4 Å². The maximum absolute atomic E-state index is 14.1. The molecule has 2 aromatic carbocycles. The van der Waals surface area contributed by atoms with Crippen molar-refractivity contribution in [2.45, 2.75) is 13.3 Å². The number of nitrogens with one attached hydrogen (secondary N) is 1. The number of benzene rings is 2. The van der Waals surface area contributed by atoms with Gasteiger partial charge in [0, 0.05) is 17.4 Å². The van der Waals surface area contributed by atoms with Gasteiger partial charge in [-0.2, -0.15) is 14.9 Å². The smallest absolute Gasteiger partial charge is 0.216 e. The Bertz CT molecular complexity index is 1170. The van der Waals surface area contributed by atoms with Gasteiger partial charge >= 0.3 is 0 Å². The molecule has 0 saturated heterocycles. The molecule has 0 bridgehead atoms. The molecular formula is C19H15FN4OS. The third-order valence-electron chi connectivity index (χ3n) is 4.10. The Morgan fingerprint density at radius 3 is 2.81 bits per heavy atom. The molecule has 0 aliphatic rings. The van der Waals surface area contributed by atoms with Gasteiger partial charge in [-0.3, -0.25) is 0 Å². The van der Waals surface area contributed by atoms with E-state index in [4.69, 9.17) is 16.6 Å². The second-order valence-corrected chi connectivity index (χ2v) is 6.06. The fraction of sp³-hybridized carbons (Fsp3) is 0.105. The summed E-state index contributed by atoms with van der Waals surface area (Å²) in [6, 6.07) is 14.1. The van der Waals surface area contributed by atoms with Crippen LogP contribution in [0, 0.1) is 10.6 Å². The van der Waals surface area contributed by atoms with Gasteiger partial charge in [0.25, 0.3) is 0 Å². The molecule has 2 aromatic heterocycles. The molecule has 0 aliphatic carbocycles. The number of H-pyrrole nitrogens is 1. The number of nitrogens with zero attached hydrogens (tertiary/aromatic N) is 3. The first-order valence-corrected chi connectivity index (χ1v) is 8.57. The molecule has 0 amide bonds. The topological polar surface area (TPSA) is 59.1 Å². The van der Waals surface area contributed by atoms with E-state index >= 15 is 0 Å². The highest BCUT2D eigenvalue weighted by Crippen LogP contribution is 2.25. The molecule has 7 heteroatoms. The summed E-state index contributed by atoms with van der Waals surface area (Å²) in [4.78, 5) is 0. The first kappa shape index (κ1) is 16.4. The zero-order valence-electron chi connectivity index (χ0n) is 13.9. The van der Waals surface area contributed by atoms with Crippen LogP contribution in [0.3, 0.4) is 0 Å². The normalized spacial score (nSPS) is 11.6. The zero-order chi connectivity index (χ0) is 18.1. The number of furan rings is 1. The minimum absolute atomic E-state index is 0.283. The Hall–Kier alpha value is -3.06. The molecule has 0 spiro atoms. The average Bonchev–Trinajstić information content (AvgIpc) is 3.20. The van der Waals surface area contributed by atoms with Crippen LogP contribution in [0.1, 0.15) is 18.2 Å². The minimum atomic E-state index is -0.388. The summed E-state index contributed by atoms with van der Waals surface area (Å²) in [7, 11) is 0. The SMILES string of the molecule is CCc1oc2ccccc2c1/C=N\n1c(-c2ccccc2F)n[nH]c1=S. The molecule has 130 valence electrons. The van der Waals surface area contributed by atoms with Crippen LogP contribution in [0.25, 0.3) is 22.4 Å². The van der Waals surface area contributed by atoms with E-state index in [1.54, 1.807) is 24.4 Å². The summed E-state index contributed by atoms with van der Waals surface area (Å²) in [6.07, 6.45) is 2.41. The number of aromatic nitrogens is 3. The molecule has 0 aliphatic heterocycles. The monoisotopic (exact) mass is 366 g/mol. The van der Waals surface area contributed by atoms with Gasteiger partial charge in [-0.15, -0.1) is 0 Å². The maximum atomic E-state index is 14.1. The predicted molar refractivity (Wildman–Crippen MR) is 101 cm³/mol. The van der Waals surface area contributed by atoms with Crippen LogP contribution in [0.5, 0.6) is 0 Å². The van der Waals surface area contributed by atoms with Gasteiger partial charge in [-0.05, 0) is 30.4 Å². The van der Waals surface area contributed by atoms with E-state index in [1.807, 2.05) is 31.2 Å². The number of halogens is 1. The maximum Gasteiger partial charge on any atom is 0.216 e. The Balaban J connectivity index is 1.84. The summed E-state index contributed by atoms with van der Waals surface area (Å²) in [5.74, 6) is 0.758. The minimum Gasteiger partial charge on any atom is -0.460 e. The lowest BCUT2D eigenvalue weighted by molar-refractivity contribution is 0.556. The molecule has 4 rings (SSSR count). The van der Waals surface area contributed by atoms with E-state index in [-0.39, 0.29) is 10.6 Å². The van der Waals surface area contributed by atoms with E-state index in [0.29, 0.717) is 11.4 Å². The van der Waals surface area contributed by atoms with Crippen LogP contribution in [0.2, 0.25) is 0 Å². The molecule has 26 heavy (non-hydrogen) atoms. The van der Waals surface area contributed by atoms with E-state index < -0.39 is 0 Å². The highest BCUT2D eigenvalue weighted by Gasteiger charge is 2.14. The lowest BCUT2D eigenvalue weighted by Gasteiger charge is -2.02. The highest BCUT2D eigenvalue weighted by molar-refractivity contribution is 7.71. The van der Waals surface area contributed by atoms with Crippen LogP contribution in [-0.4, -0.2) is 21.1 Å². The summed E-state index contributed by atoms with van der Waals surface area (Å²) in [6.45, 7) is 2.02. The van der Waals surface area contributed by atoms with Crippen LogP contribution in [0.4, 0.5) is 4.39 Å². The lowest BCUT2D eigenvalue weighted by Crippen LogP contribution is -1.97. The molecule has 4 aromatic rings. The Morgan fingerprint density at radius 2 is 2.00 bits per heavy atom. The highest BCUT2D eigenvalue weighted by atomic mass is 32.1. The first-order valence-electron chi connectivity index (χ1n) is 8.16. The van der Waals surface area contributed by atoms with Crippen LogP contribution < -0.4 is 0 Å². The molecule has 0 fully saturated rings. The van der Waals surface area contributed by atoms with Crippen LogP contribution >= 0.6 is 12.2 Å². The number of rotatable bonds is 4. The van der Waals surface area contributed by atoms with Gasteiger partial charge in [0.05, 0.1) is 11.8 Å². The van der Waals surface area contributed by atoms with Crippen LogP contribution in [0.15, 0.2) is 58.0 Å². The van der Waals surface area contributed by atoms with Crippen molar-refractivity contribution in [2.75, 3.05) is 0 Å². The summed E-state index contributed by atoms with van der Waals surface area (Å²) < 4.78 is 21.7.